The van der Waals surface area contributed by atoms with E-state index in [9.17, 15) is 0 Å². The molecule has 1 aliphatic heterocycles. The third-order valence-electron chi connectivity index (χ3n) is 6.21. The molecule has 1 aromatic heterocycles. The lowest BCUT2D eigenvalue weighted by Gasteiger charge is -2.29. The molecule has 37 heavy (non-hydrogen) atoms. The summed E-state index contributed by atoms with van der Waals surface area (Å²) in [4.78, 5) is 12.2. The van der Waals surface area contributed by atoms with Crippen molar-refractivity contribution in [3.05, 3.63) is 88.4 Å². The number of aromatic nitrogens is 2. The van der Waals surface area contributed by atoms with Crippen molar-refractivity contribution in [2.45, 2.75) is 37.0 Å². The minimum atomic E-state index is 0.773. The van der Waals surface area contributed by atoms with Gasteiger partial charge >= 0.3 is 0 Å². The lowest BCUT2D eigenvalue weighted by molar-refractivity contribution is 0.411. The van der Waals surface area contributed by atoms with Crippen molar-refractivity contribution in [2.24, 2.45) is 0 Å². The van der Waals surface area contributed by atoms with Crippen LogP contribution in [0, 0.1) is 0 Å². The average molecular weight is 580 g/mol. The molecular weight excluding hydrogens is 544 g/mol. The number of rotatable bonds is 8. The van der Waals surface area contributed by atoms with Gasteiger partial charge in [-0.05, 0) is 48.7 Å². The Bertz CT molecular complexity index is 1270. The van der Waals surface area contributed by atoms with Gasteiger partial charge < -0.3 is 15.0 Å². The monoisotopic (exact) mass is 578 g/mol. The quantitative estimate of drug-likeness (QED) is 0.224. The largest absolute Gasteiger partial charge is 0.496 e. The fourth-order valence-electron chi connectivity index (χ4n) is 4.19. The number of anilines is 1. The van der Waals surface area contributed by atoms with Crippen molar-refractivity contribution in [3.63, 3.8) is 0 Å². The Kier molecular flexibility index (Phi) is 10.6. The van der Waals surface area contributed by atoms with Crippen LogP contribution in [0.15, 0.2) is 82.3 Å². The van der Waals surface area contributed by atoms with Crippen molar-refractivity contribution in [2.75, 3.05) is 38.2 Å². The van der Waals surface area contributed by atoms with Gasteiger partial charge in [-0.25, -0.2) is 9.97 Å². The number of aryl methyl sites for hydroxylation is 1. The molecule has 0 spiro atoms. The van der Waals surface area contributed by atoms with Gasteiger partial charge in [0, 0.05) is 42.0 Å². The number of ether oxygens (including phenoxy) is 1. The topological polar surface area (TPSA) is 50.3 Å². The highest BCUT2D eigenvalue weighted by atomic mass is 79.9. The number of piperazine rings is 1. The Hall–Kier alpha value is -2.61. The zero-order valence-electron chi connectivity index (χ0n) is 21.6. The number of hydrogen-bond donors (Lipinski definition) is 1. The number of thioether (sulfide) groups is 1. The first-order valence-corrected chi connectivity index (χ1v) is 14.7. The maximum absolute atomic E-state index is 5.52. The molecule has 7 heteroatoms. The Labute approximate surface area is 233 Å². The molecule has 194 valence electrons. The van der Waals surface area contributed by atoms with Crippen molar-refractivity contribution >= 4 is 44.5 Å². The van der Waals surface area contributed by atoms with E-state index in [1.807, 2.05) is 36.4 Å². The van der Waals surface area contributed by atoms with Crippen LogP contribution in [0.2, 0.25) is 0 Å². The van der Waals surface area contributed by atoms with Gasteiger partial charge in [0.1, 0.15) is 10.8 Å². The molecule has 1 saturated heterocycles. The number of methoxy groups -OCH3 is 1. The molecular formula is C30H35BrN4OS. The second-order valence-corrected chi connectivity index (χ2v) is 10.8. The normalized spacial score (nSPS) is 13.2. The van der Waals surface area contributed by atoms with Gasteiger partial charge in [0.15, 0.2) is 5.82 Å². The first kappa shape index (κ1) is 27.4. The predicted molar refractivity (Wildman–Crippen MR) is 160 cm³/mol. The minimum Gasteiger partial charge on any atom is -0.496 e. The van der Waals surface area contributed by atoms with Crippen molar-refractivity contribution in [1.82, 2.24) is 15.3 Å². The predicted octanol–water partition coefficient (Wildman–Crippen LogP) is 7.13. The lowest BCUT2D eigenvalue weighted by atomic mass is 10.1. The smallest absolute Gasteiger partial charge is 0.162 e. The van der Waals surface area contributed by atoms with Crippen LogP contribution in [0.5, 0.6) is 5.75 Å². The Morgan fingerprint density at radius 3 is 2.35 bits per heavy atom. The highest BCUT2D eigenvalue weighted by molar-refractivity contribution is 9.10. The first-order valence-electron chi connectivity index (χ1n) is 12.9. The summed E-state index contributed by atoms with van der Waals surface area (Å²) in [5.41, 5.74) is 4.47. The third kappa shape index (κ3) is 7.94. The van der Waals surface area contributed by atoms with Crippen LogP contribution < -0.4 is 15.0 Å². The SMILES string of the molecule is CCCCc1ccccc1.COc1ccc(Br)cc1CSc1nc2ccccc2nc1N1CCNCC1. The summed E-state index contributed by atoms with van der Waals surface area (Å²) in [5, 5.41) is 4.37. The number of nitrogens with one attached hydrogen (secondary N) is 1. The summed E-state index contributed by atoms with van der Waals surface area (Å²) < 4.78 is 6.56. The molecule has 0 saturated carbocycles. The minimum absolute atomic E-state index is 0.773. The Morgan fingerprint density at radius 2 is 1.65 bits per heavy atom. The van der Waals surface area contributed by atoms with Crippen LogP contribution in [-0.4, -0.2) is 43.3 Å². The van der Waals surface area contributed by atoms with Crippen molar-refractivity contribution < 1.29 is 4.74 Å². The summed E-state index contributed by atoms with van der Waals surface area (Å²) in [6.45, 7) is 6.06. The fourth-order valence-corrected chi connectivity index (χ4v) is 5.58. The lowest BCUT2D eigenvalue weighted by Crippen LogP contribution is -2.44. The Morgan fingerprint density at radius 1 is 0.946 bits per heavy atom. The molecule has 3 aromatic carbocycles. The first-order chi connectivity index (χ1) is 18.2. The highest BCUT2D eigenvalue weighted by Gasteiger charge is 2.19. The van der Waals surface area contributed by atoms with Crippen LogP contribution >= 0.6 is 27.7 Å². The molecule has 1 fully saturated rings. The molecule has 1 N–H and O–H groups in total. The van der Waals surface area contributed by atoms with E-state index in [2.05, 4.69) is 69.5 Å². The molecule has 4 aromatic rings. The molecule has 1 aliphatic rings. The number of nitrogens with zero attached hydrogens (tertiary/aromatic N) is 3. The maximum atomic E-state index is 5.52. The molecule has 0 amide bonds. The average Bonchev–Trinajstić information content (AvgIpc) is 2.96. The number of hydrogen-bond acceptors (Lipinski definition) is 6. The van der Waals surface area contributed by atoms with E-state index in [4.69, 9.17) is 14.7 Å². The van der Waals surface area contributed by atoms with Crippen LogP contribution in [-0.2, 0) is 12.2 Å². The van der Waals surface area contributed by atoms with E-state index in [1.54, 1.807) is 18.9 Å². The summed E-state index contributed by atoms with van der Waals surface area (Å²) >= 11 is 5.26. The van der Waals surface area contributed by atoms with Gasteiger partial charge in [0.05, 0.1) is 18.1 Å². The second-order valence-electron chi connectivity index (χ2n) is 8.91. The molecule has 5 nitrogen and oxygen atoms in total. The van der Waals surface area contributed by atoms with Gasteiger partial charge in [-0.2, -0.15) is 0 Å². The number of unbranched alkanes of at least 4 members (excludes halogenated alkanes) is 1. The van der Waals surface area contributed by atoms with Crippen LogP contribution in [0.1, 0.15) is 30.9 Å². The van der Waals surface area contributed by atoms with Crippen LogP contribution in [0.25, 0.3) is 11.0 Å². The van der Waals surface area contributed by atoms with E-state index in [0.717, 1.165) is 69.6 Å². The van der Waals surface area contributed by atoms with E-state index < -0.39 is 0 Å². The molecule has 0 unspecified atom stereocenters. The van der Waals surface area contributed by atoms with Gasteiger partial charge in [-0.15, -0.1) is 0 Å². The van der Waals surface area contributed by atoms with Crippen molar-refractivity contribution in [1.29, 1.82) is 0 Å². The van der Waals surface area contributed by atoms with E-state index in [-0.39, 0.29) is 0 Å². The maximum Gasteiger partial charge on any atom is 0.162 e. The van der Waals surface area contributed by atoms with Gasteiger partial charge in [-0.3, -0.25) is 0 Å². The Balaban J connectivity index is 0.000000270. The molecule has 0 radical (unpaired) electrons. The summed E-state index contributed by atoms with van der Waals surface area (Å²) in [7, 11) is 1.71. The number of benzene rings is 3. The molecule has 0 atom stereocenters. The van der Waals surface area contributed by atoms with Crippen LogP contribution in [0.3, 0.4) is 0 Å². The summed E-state index contributed by atoms with van der Waals surface area (Å²) in [5.74, 6) is 2.65. The summed E-state index contributed by atoms with van der Waals surface area (Å²) in [6, 6.07) is 24.8. The van der Waals surface area contributed by atoms with Gasteiger partial charge in [0.25, 0.3) is 0 Å². The molecule has 0 bridgehead atoms. The van der Waals surface area contributed by atoms with Gasteiger partial charge in [-0.1, -0.05) is 83.5 Å². The number of fused-ring (bicyclic) bond motifs is 1. The van der Waals surface area contributed by atoms with E-state index in [0.29, 0.717) is 0 Å². The van der Waals surface area contributed by atoms with E-state index in [1.165, 1.54) is 24.8 Å². The highest BCUT2D eigenvalue weighted by Crippen LogP contribution is 2.34. The summed E-state index contributed by atoms with van der Waals surface area (Å²) in [6.07, 6.45) is 3.83. The number of para-hydroxylation sites is 2. The molecule has 0 aliphatic carbocycles. The van der Waals surface area contributed by atoms with E-state index >= 15 is 0 Å². The van der Waals surface area contributed by atoms with Gasteiger partial charge in [0.2, 0.25) is 0 Å². The number of halogens is 1. The van der Waals surface area contributed by atoms with Crippen LogP contribution in [0.4, 0.5) is 5.82 Å². The fraction of sp³-hybridized carbons (Fsp3) is 0.333. The second kappa shape index (κ2) is 14.4. The standard InChI is InChI=1S/C20H21BrN4OS.C10H14/c1-26-18-7-6-15(21)12-14(18)13-27-20-19(25-10-8-22-9-11-25)23-16-4-2-3-5-17(16)24-20;1-2-3-7-10-8-5-4-6-9-10/h2-7,12,22H,8-11,13H2,1H3;4-6,8-9H,2-3,7H2,1H3. The zero-order chi connectivity index (χ0) is 25.9. The molecule has 5 rings (SSSR count). The molecule has 2 heterocycles. The van der Waals surface area contributed by atoms with Crippen molar-refractivity contribution in [3.8, 4) is 5.75 Å². The third-order valence-corrected chi connectivity index (χ3v) is 7.70. The zero-order valence-corrected chi connectivity index (χ0v) is 24.0.